The van der Waals surface area contributed by atoms with E-state index in [-0.39, 0.29) is 0 Å². The van der Waals surface area contributed by atoms with Crippen LogP contribution in [0.3, 0.4) is 0 Å². The minimum absolute atomic E-state index is 0.352. The molecule has 0 saturated heterocycles. The zero-order chi connectivity index (χ0) is 11.7. The molecule has 1 aliphatic heterocycles. The predicted molar refractivity (Wildman–Crippen MR) is 70.1 cm³/mol. The Hall–Kier alpha value is -1.54. The van der Waals surface area contributed by atoms with E-state index < -0.39 is 0 Å². The molecule has 1 N–H and O–H groups in total. The van der Waals surface area contributed by atoms with E-state index in [2.05, 4.69) is 59.3 Å². The molecule has 2 heteroatoms. The summed E-state index contributed by atoms with van der Waals surface area (Å²) < 4.78 is 2.47. The first kappa shape index (κ1) is 10.6. The summed E-state index contributed by atoms with van der Waals surface area (Å²) in [7, 11) is 0. The summed E-state index contributed by atoms with van der Waals surface area (Å²) in [6, 6.07) is 15.6. The standard InChI is InChI=1S/C15H18N2/c1-2-13-8-9-14-15(16-10-11-17(13)14)12-6-4-3-5-7-12/h3-9,15-16H,2,10-11H2,1H3. The normalized spacial score (nSPS) is 19.0. The van der Waals surface area contributed by atoms with Gasteiger partial charge in [0.15, 0.2) is 0 Å². The first-order valence-corrected chi connectivity index (χ1v) is 6.37. The Morgan fingerprint density at radius 1 is 1.18 bits per heavy atom. The summed E-state index contributed by atoms with van der Waals surface area (Å²) in [6.45, 7) is 4.37. The van der Waals surface area contributed by atoms with Gasteiger partial charge in [0.1, 0.15) is 0 Å². The zero-order valence-electron chi connectivity index (χ0n) is 10.2. The number of nitrogens with one attached hydrogen (secondary N) is 1. The molecule has 0 amide bonds. The number of aryl methyl sites for hydroxylation is 1. The van der Waals surface area contributed by atoms with Crippen LogP contribution in [0.5, 0.6) is 0 Å². The largest absolute Gasteiger partial charge is 0.346 e. The Labute approximate surface area is 102 Å². The van der Waals surface area contributed by atoms with Crippen molar-refractivity contribution in [3.05, 3.63) is 59.4 Å². The Morgan fingerprint density at radius 2 is 2.00 bits per heavy atom. The van der Waals surface area contributed by atoms with Gasteiger partial charge in [0.25, 0.3) is 0 Å². The maximum absolute atomic E-state index is 3.61. The molecular formula is C15H18N2. The van der Waals surface area contributed by atoms with E-state index in [1.807, 2.05) is 0 Å². The maximum Gasteiger partial charge on any atom is 0.0731 e. The maximum atomic E-state index is 3.61. The average Bonchev–Trinajstić information content (AvgIpc) is 2.82. The lowest BCUT2D eigenvalue weighted by atomic mass is 10.0. The van der Waals surface area contributed by atoms with Crippen molar-refractivity contribution in [3.63, 3.8) is 0 Å². The smallest absolute Gasteiger partial charge is 0.0731 e. The van der Waals surface area contributed by atoms with Crippen LogP contribution >= 0.6 is 0 Å². The Bertz CT molecular complexity index is 499. The van der Waals surface area contributed by atoms with Crippen LogP contribution in [-0.4, -0.2) is 11.1 Å². The van der Waals surface area contributed by atoms with Gasteiger partial charge in [-0.05, 0) is 24.1 Å². The fourth-order valence-corrected chi connectivity index (χ4v) is 2.72. The lowest BCUT2D eigenvalue weighted by Crippen LogP contribution is -2.34. The molecule has 88 valence electrons. The molecule has 0 fully saturated rings. The summed E-state index contributed by atoms with van der Waals surface area (Å²) in [5.41, 5.74) is 4.20. The van der Waals surface area contributed by atoms with Gasteiger partial charge in [0, 0.05) is 24.5 Å². The molecular weight excluding hydrogens is 208 g/mol. The van der Waals surface area contributed by atoms with Gasteiger partial charge in [-0.15, -0.1) is 0 Å². The Morgan fingerprint density at radius 3 is 2.76 bits per heavy atom. The second kappa shape index (κ2) is 4.38. The quantitative estimate of drug-likeness (QED) is 0.833. The molecule has 17 heavy (non-hydrogen) atoms. The molecule has 1 atom stereocenters. The Kier molecular flexibility index (Phi) is 2.73. The van der Waals surface area contributed by atoms with Crippen molar-refractivity contribution in [2.75, 3.05) is 6.54 Å². The number of benzene rings is 1. The highest BCUT2D eigenvalue weighted by atomic mass is 15.1. The second-order valence-electron chi connectivity index (χ2n) is 4.55. The lowest BCUT2D eigenvalue weighted by molar-refractivity contribution is 0.458. The molecule has 0 bridgehead atoms. The van der Waals surface area contributed by atoms with Gasteiger partial charge in [0.2, 0.25) is 0 Å². The van der Waals surface area contributed by atoms with E-state index in [0.29, 0.717) is 6.04 Å². The van der Waals surface area contributed by atoms with Crippen LogP contribution in [0.4, 0.5) is 0 Å². The van der Waals surface area contributed by atoms with Crippen LogP contribution < -0.4 is 5.32 Å². The minimum Gasteiger partial charge on any atom is -0.346 e. The molecule has 2 nitrogen and oxygen atoms in total. The Balaban J connectivity index is 2.03. The molecule has 0 radical (unpaired) electrons. The number of hydrogen-bond acceptors (Lipinski definition) is 1. The third kappa shape index (κ3) is 1.79. The van der Waals surface area contributed by atoms with E-state index in [9.17, 15) is 0 Å². The molecule has 0 aliphatic carbocycles. The van der Waals surface area contributed by atoms with E-state index in [1.165, 1.54) is 17.0 Å². The number of aromatic nitrogens is 1. The van der Waals surface area contributed by atoms with Gasteiger partial charge in [-0.25, -0.2) is 0 Å². The third-order valence-corrected chi connectivity index (χ3v) is 3.58. The van der Waals surface area contributed by atoms with Crippen LogP contribution in [0.1, 0.15) is 29.9 Å². The van der Waals surface area contributed by atoms with Crippen LogP contribution in [0, 0.1) is 0 Å². The first-order valence-electron chi connectivity index (χ1n) is 6.37. The predicted octanol–water partition coefficient (Wildman–Crippen LogP) is 2.74. The van der Waals surface area contributed by atoms with Crippen molar-refractivity contribution in [1.82, 2.24) is 9.88 Å². The van der Waals surface area contributed by atoms with E-state index in [4.69, 9.17) is 0 Å². The summed E-state index contributed by atoms with van der Waals surface area (Å²) >= 11 is 0. The van der Waals surface area contributed by atoms with Crippen molar-refractivity contribution >= 4 is 0 Å². The average molecular weight is 226 g/mol. The zero-order valence-corrected chi connectivity index (χ0v) is 10.2. The van der Waals surface area contributed by atoms with E-state index in [0.717, 1.165) is 19.5 Å². The third-order valence-electron chi connectivity index (χ3n) is 3.58. The molecule has 2 aromatic rings. The number of rotatable bonds is 2. The van der Waals surface area contributed by atoms with Crippen LogP contribution in [0.2, 0.25) is 0 Å². The molecule has 1 aromatic heterocycles. The van der Waals surface area contributed by atoms with Gasteiger partial charge in [-0.3, -0.25) is 0 Å². The van der Waals surface area contributed by atoms with Gasteiger partial charge in [-0.1, -0.05) is 37.3 Å². The number of nitrogens with zero attached hydrogens (tertiary/aromatic N) is 1. The summed E-state index contributed by atoms with van der Waals surface area (Å²) in [5.74, 6) is 0. The molecule has 1 aliphatic rings. The molecule has 2 heterocycles. The second-order valence-corrected chi connectivity index (χ2v) is 4.55. The summed E-state index contributed by atoms with van der Waals surface area (Å²) in [6.07, 6.45) is 1.11. The highest BCUT2D eigenvalue weighted by molar-refractivity contribution is 5.31. The topological polar surface area (TPSA) is 17.0 Å². The summed E-state index contributed by atoms with van der Waals surface area (Å²) in [4.78, 5) is 0. The molecule has 1 aromatic carbocycles. The fourth-order valence-electron chi connectivity index (χ4n) is 2.72. The SMILES string of the molecule is CCc1ccc2n1CCNC2c1ccccc1. The fraction of sp³-hybridized carbons (Fsp3) is 0.333. The minimum atomic E-state index is 0.352. The van der Waals surface area contributed by atoms with Gasteiger partial charge >= 0.3 is 0 Å². The molecule has 0 spiro atoms. The van der Waals surface area contributed by atoms with Crippen molar-refractivity contribution in [1.29, 1.82) is 0 Å². The van der Waals surface area contributed by atoms with Crippen molar-refractivity contribution in [3.8, 4) is 0 Å². The van der Waals surface area contributed by atoms with Gasteiger partial charge < -0.3 is 9.88 Å². The summed E-state index contributed by atoms with van der Waals surface area (Å²) in [5, 5.41) is 3.61. The van der Waals surface area contributed by atoms with Crippen molar-refractivity contribution < 1.29 is 0 Å². The van der Waals surface area contributed by atoms with Gasteiger partial charge in [0.05, 0.1) is 6.04 Å². The molecule has 0 saturated carbocycles. The lowest BCUT2D eigenvalue weighted by Gasteiger charge is -2.28. The number of fused-ring (bicyclic) bond motifs is 1. The van der Waals surface area contributed by atoms with Crippen LogP contribution in [0.15, 0.2) is 42.5 Å². The van der Waals surface area contributed by atoms with Crippen LogP contribution in [-0.2, 0) is 13.0 Å². The monoisotopic (exact) mass is 226 g/mol. The van der Waals surface area contributed by atoms with Crippen molar-refractivity contribution in [2.45, 2.75) is 25.9 Å². The van der Waals surface area contributed by atoms with Crippen LogP contribution in [0.25, 0.3) is 0 Å². The number of hydrogen-bond donors (Lipinski definition) is 1. The van der Waals surface area contributed by atoms with Gasteiger partial charge in [-0.2, -0.15) is 0 Å². The van der Waals surface area contributed by atoms with E-state index >= 15 is 0 Å². The molecule has 1 unspecified atom stereocenters. The molecule has 3 rings (SSSR count). The van der Waals surface area contributed by atoms with E-state index in [1.54, 1.807) is 0 Å². The highest BCUT2D eigenvalue weighted by Gasteiger charge is 2.22. The van der Waals surface area contributed by atoms with Crippen molar-refractivity contribution in [2.24, 2.45) is 0 Å². The highest BCUT2D eigenvalue weighted by Crippen LogP contribution is 2.26. The first-order chi connectivity index (χ1) is 8.40.